The van der Waals surface area contributed by atoms with Gasteiger partial charge in [0.2, 0.25) is 15.9 Å². The smallest absolute Gasteiger partial charge is 0.243 e. The number of nitrogens with two attached hydrogens (primary N) is 1. The van der Waals surface area contributed by atoms with Gasteiger partial charge in [-0.1, -0.05) is 0 Å². The van der Waals surface area contributed by atoms with Gasteiger partial charge in [-0.05, 0) is 24.6 Å². The van der Waals surface area contributed by atoms with E-state index in [1.165, 1.54) is 17.3 Å². The van der Waals surface area contributed by atoms with Gasteiger partial charge >= 0.3 is 0 Å². The molecule has 1 atom stereocenters. The van der Waals surface area contributed by atoms with E-state index in [9.17, 15) is 17.6 Å². The largest absolute Gasteiger partial charge is 0.396 e. The minimum absolute atomic E-state index is 0.0418. The van der Waals surface area contributed by atoms with Gasteiger partial charge in [0.15, 0.2) is 0 Å². The first-order valence-electron chi connectivity index (χ1n) is 6.13. The molecule has 0 bridgehead atoms. The molecular weight excluding hydrogens is 285 g/mol. The fourth-order valence-corrected chi connectivity index (χ4v) is 3.72. The van der Waals surface area contributed by atoms with Crippen molar-refractivity contribution >= 4 is 21.6 Å². The Balaban J connectivity index is 2.19. The van der Waals surface area contributed by atoms with Gasteiger partial charge in [-0.15, -0.1) is 0 Å². The van der Waals surface area contributed by atoms with E-state index in [1.807, 2.05) is 0 Å². The van der Waals surface area contributed by atoms with Gasteiger partial charge in [0.05, 0.1) is 10.6 Å². The highest BCUT2D eigenvalue weighted by atomic mass is 32.2. The predicted octanol–water partition coefficient (Wildman–Crippen LogP) is 0.307. The normalized spacial score (nSPS) is 20.0. The van der Waals surface area contributed by atoms with E-state index in [2.05, 4.69) is 5.32 Å². The number of nitrogen functional groups attached to an aromatic ring is 1. The lowest BCUT2D eigenvalue weighted by Gasteiger charge is -2.17. The minimum atomic E-state index is -3.71. The number of nitrogens with one attached hydrogen (secondary N) is 1. The molecule has 110 valence electrons. The van der Waals surface area contributed by atoms with Crippen molar-refractivity contribution in [3.05, 3.63) is 24.0 Å². The zero-order chi connectivity index (χ0) is 14.9. The minimum Gasteiger partial charge on any atom is -0.396 e. The van der Waals surface area contributed by atoms with Crippen LogP contribution in [-0.4, -0.2) is 37.8 Å². The zero-order valence-corrected chi connectivity index (χ0v) is 11.8. The number of carbonyl (C=O) groups is 1. The highest BCUT2D eigenvalue weighted by Crippen LogP contribution is 2.23. The molecule has 0 spiro atoms. The molecule has 6 nitrogen and oxygen atoms in total. The summed E-state index contributed by atoms with van der Waals surface area (Å²) in [5.41, 5.74) is 5.19. The number of amides is 1. The van der Waals surface area contributed by atoms with Crippen LogP contribution in [-0.2, 0) is 14.8 Å². The van der Waals surface area contributed by atoms with Crippen LogP contribution in [0.15, 0.2) is 23.1 Å². The fraction of sp³-hybridized carbons (Fsp3) is 0.417. The van der Waals surface area contributed by atoms with Crippen LogP contribution in [0.4, 0.5) is 10.1 Å². The first kappa shape index (κ1) is 14.7. The number of anilines is 1. The Morgan fingerprint density at radius 2 is 2.20 bits per heavy atom. The van der Waals surface area contributed by atoms with Crippen molar-refractivity contribution in [2.45, 2.75) is 24.3 Å². The number of nitrogens with zero attached hydrogens (tertiary/aromatic N) is 1. The lowest BCUT2D eigenvalue weighted by Crippen LogP contribution is -2.37. The van der Waals surface area contributed by atoms with E-state index < -0.39 is 15.8 Å². The monoisotopic (exact) mass is 301 g/mol. The van der Waals surface area contributed by atoms with Crippen molar-refractivity contribution in [1.82, 2.24) is 9.62 Å². The number of halogens is 1. The van der Waals surface area contributed by atoms with E-state index in [0.29, 0.717) is 13.0 Å². The lowest BCUT2D eigenvalue weighted by atomic mass is 10.3. The van der Waals surface area contributed by atoms with Gasteiger partial charge in [-0.25, -0.2) is 12.8 Å². The summed E-state index contributed by atoms with van der Waals surface area (Å²) in [6.45, 7) is 1.90. The average molecular weight is 301 g/mol. The second kappa shape index (κ2) is 5.37. The molecule has 20 heavy (non-hydrogen) atoms. The Kier molecular flexibility index (Phi) is 3.96. The molecule has 0 radical (unpaired) electrons. The van der Waals surface area contributed by atoms with Crippen LogP contribution in [0.2, 0.25) is 0 Å². The Morgan fingerprint density at radius 3 is 2.80 bits per heavy atom. The highest BCUT2D eigenvalue weighted by molar-refractivity contribution is 7.89. The van der Waals surface area contributed by atoms with Crippen molar-refractivity contribution in [3.8, 4) is 0 Å². The molecule has 1 aromatic rings. The zero-order valence-electron chi connectivity index (χ0n) is 11.0. The van der Waals surface area contributed by atoms with Crippen LogP contribution in [0.5, 0.6) is 0 Å². The summed E-state index contributed by atoms with van der Waals surface area (Å²) in [7, 11) is -3.71. The van der Waals surface area contributed by atoms with Gasteiger partial charge in [0, 0.05) is 26.1 Å². The Morgan fingerprint density at radius 1 is 1.50 bits per heavy atom. The molecule has 0 aliphatic carbocycles. The molecule has 1 heterocycles. The van der Waals surface area contributed by atoms with E-state index in [-0.39, 0.29) is 29.1 Å². The Hall–Kier alpha value is -1.67. The molecule has 1 saturated heterocycles. The summed E-state index contributed by atoms with van der Waals surface area (Å²) < 4.78 is 39.1. The van der Waals surface area contributed by atoms with Crippen LogP contribution in [0.25, 0.3) is 0 Å². The molecule has 1 aliphatic rings. The number of sulfonamides is 1. The highest BCUT2D eigenvalue weighted by Gasteiger charge is 2.33. The average Bonchev–Trinajstić information content (AvgIpc) is 2.80. The number of hydrogen-bond acceptors (Lipinski definition) is 4. The van der Waals surface area contributed by atoms with Crippen molar-refractivity contribution in [2.75, 3.05) is 18.8 Å². The molecule has 1 fully saturated rings. The van der Waals surface area contributed by atoms with Crippen molar-refractivity contribution in [1.29, 1.82) is 0 Å². The summed E-state index contributed by atoms with van der Waals surface area (Å²) in [6, 6.07) is 3.13. The summed E-state index contributed by atoms with van der Waals surface area (Å²) in [5, 5.41) is 2.69. The molecule has 0 saturated carbocycles. The van der Waals surface area contributed by atoms with Gasteiger partial charge < -0.3 is 11.1 Å². The number of rotatable bonds is 3. The molecular formula is C12H16FN3O3S. The Labute approximate surface area is 116 Å². The van der Waals surface area contributed by atoms with Crippen molar-refractivity contribution in [2.24, 2.45) is 0 Å². The molecule has 0 aromatic heterocycles. The van der Waals surface area contributed by atoms with E-state index >= 15 is 0 Å². The molecule has 2 rings (SSSR count). The molecule has 3 N–H and O–H groups in total. The second-order valence-electron chi connectivity index (χ2n) is 4.73. The quantitative estimate of drug-likeness (QED) is 0.786. The van der Waals surface area contributed by atoms with Crippen molar-refractivity contribution in [3.63, 3.8) is 0 Å². The molecule has 8 heteroatoms. The predicted molar refractivity (Wildman–Crippen MR) is 71.8 cm³/mol. The van der Waals surface area contributed by atoms with Crippen LogP contribution in [0, 0.1) is 5.82 Å². The summed E-state index contributed by atoms with van der Waals surface area (Å²) in [6.07, 6.45) is 0.551. The third kappa shape index (κ3) is 2.91. The summed E-state index contributed by atoms with van der Waals surface area (Å²) >= 11 is 0. The maximum absolute atomic E-state index is 13.1. The van der Waals surface area contributed by atoms with Crippen LogP contribution in [0.3, 0.4) is 0 Å². The van der Waals surface area contributed by atoms with Crippen molar-refractivity contribution < 1.29 is 17.6 Å². The van der Waals surface area contributed by atoms with Crippen LogP contribution >= 0.6 is 0 Å². The third-order valence-electron chi connectivity index (χ3n) is 3.16. The molecule has 1 aromatic carbocycles. The Bertz CT molecular complexity index is 633. The van der Waals surface area contributed by atoms with Crippen LogP contribution < -0.4 is 11.1 Å². The number of hydrogen-bond donors (Lipinski definition) is 2. The van der Waals surface area contributed by atoms with E-state index in [1.54, 1.807) is 0 Å². The number of benzene rings is 1. The lowest BCUT2D eigenvalue weighted by molar-refractivity contribution is -0.119. The maximum atomic E-state index is 13.1. The standard InChI is InChI=1S/C12H16FN3O3S/c1-8(17)15-9-4-5-16(7-9)20(18,19)10-2-3-11(13)12(14)6-10/h2-3,6,9H,4-5,7,14H2,1H3,(H,15,17). The van der Waals surface area contributed by atoms with Gasteiger partial charge in [-0.2, -0.15) is 4.31 Å². The molecule has 1 unspecified atom stereocenters. The second-order valence-corrected chi connectivity index (χ2v) is 6.67. The number of carbonyl (C=O) groups excluding carboxylic acids is 1. The van der Waals surface area contributed by atoms with Gasteiger partial charge in [-0.3, -0.25) is 4.79 Å². The van der Waals surface area contributed by atoms with Gasteiger partial charge in [0.1, 0.15) is 5.82 Å². The topological polar surface area (TPSA) is 92.5 Å². The SMILES string of the molecule is CC(=O)NC1CCN(S(=O)(=O)c2ccc(F)c(N)c2)C1. The van der Waals surface area contributed by atoms with Crippen LogP contribution in [0.1, 0.15) is 13.3 Å². The summed E-state index contributed by atoms with van der Waals surface area (Å²) in [4.78, 5) is 10.9. The third-order valence-corrected chi connectivity index (χ3v) is 5.02. The summed E-state index contributed by atoms with van der Waals surface area (Å²) in [5.74, 6) is -0.846. The van der Waals surface area contributed by atoms with E-state index in [4.69, 9.17) is 5.73 Å². The molecule has 1 amide bonds. The fourth-order valence-electron chi connectivity index (χ4n) is 2.18. The van der Waals surface area contributed by atoms with Gasteiger partial charge in [0.25, 0.3) is 0 Å². The molecule has 1 aliphatic heterocycles. The first-order valence-corrected chi connectivity index (χ1v) is 7.57. The van der Waals surface area contributed by atoms with E-state index in [0.717, 1.165) is 12.1 Å². The first-order chi connectivity index (χ1) is 9.30. The maximum Gasteiger partial charge on any atom is 0.243 e.